The molecule has 2 aromatic rings. The number of carbonyl (C=O) groups is 1. The first kappa shape index (κ1) is 24.9. The molecule has 3 aliphatic rings. The number of rotatable bonds is 6. The van der Waals surface area contributed by atoms with E-state index in [4.69, 9.17) is 14.2 Å². The van der Waals surface area contributed by atoms with E-state index in [1.807, 2.05) is 4.90 Å². The number of benzene rings is 2. The molecule has 0 radical (unpaired) electrons. The van der Waals surface area contributed by atoms with Crippen molar-refractivity contribution in [3.05, 3.63) is 48.0 Å². The van der Waals surface area contributed by atoms with Gasteiger partial charge in [0.15, 0.2) is 5.79 Å². The molecular formula is C24H26F2N2O7S. The van der Waals surface area contributed by atoms with Crippen LogP contribution < -0.4 is 9.80 Å². The van der Waals surface area contributed by atoms with Crippen LogP contribution in [0.3, 0.4) is 0 Å². The minimum absolute atomic E-state index is 0.00364. The molecule has 3 saturated heterocycles. The summed E-state index contributed by atoms with van der Waals surface area (Å²) < 4.78 is 73.6. The summed E-state index contributed by atoms with van der Waals surface area (Å²) in [5.74, 6) is -1.66. The smallest absolute Gasteiger partial charge is 0.414 e. The largest absolute Gasteiger partial charge is 0.441 e. The Morgan fingerprint density at radius 1 is 1.06 bits per heavy atom. The number of ether oxygens (including phenoxy) is 3. The van der Waals surface area contributed by atoms with Crippen LogP contribution in [0.25, 0.3) is 11.1 Å². The molecule has 1 amide bonds. The van der Waals surface area contributed by atoms with Gasteiger partial charge in [0.05, 0.1) is 37.4 Å². The van der Waals surface area contributed by atoms with Gasteiger partial charge >= 0.3 is 6.09 Å². The molecule has 2 aromatic carbocycles. The van der Waals surface area contributed by atoms with Crippen LogP contribution in [-0.4, -0.2) is 72.1 Å². The molecule has 0 N–H and O–H groups in total. The highest BCUT2D eigenvalue weighted by Crippen LogP contribution is 2.36. The van der Waals surface area contributed by atoms with Crippen LogP contribution in [0, 0.1) is 11.6 Å². The van der Waals surface area contributed by atoms with Gasteiger partial charge in [-0.05, 0) is 35.9 Å². The quantitative estimate of drug-likeness (QED) is 0.532. The van der Waals surface area contributed by atoms with Crippen LogP contribution in [0.1, 0.15) is 12.8 Å². The maximum atomic E-state index is 15.0. The molecule has 9 nitrogen and oxygen atoms in total. The van der Waals surface area contributed by atoms with Crippen molar-refractivity contribution in [3.63, 3.8) is 0 Å². The third-order valence-electron chi connectivity index (χ3n) is 6.54. The molecule has 0 unspecified atom stereocenters. The molecule has 3 fully saturated rings. The monoisotopic (exact) mass is 524 g/mol. The van der Waals surface area contributed by atoms with Crippen molar-refractivity contribution in [1.82, 2.24) is 0 Å². The number of piperidine rings is 1. The summed E-state index contributed by atoms with van der Waals surface area (Å²) in [6, 6.07) is 8.74. The first-order valence-electron chi connectivity index (χ1n) is 11.6. The molecule has 194 valence electrons. The fraction of sp³-hybridized carbons (Fsp3) is 0.458. The van der Waals surface area contributed by atoms with E-state index in [-0.39, 0.29) is 24.4 Å². The number of amides is 1. The van der Waals surface area contributed by atoms with Gasteiger partial charge in [-0.1, -0.05) is 6.07 Å². The van der Waals surface area contributed by atoms with Gasteiger partial charge in [0, 0.05) is 31.5 Å². The van der Waals surface area contributed by atoms with Crippen LogP contribution in [0.4, 0.5) is 25.0 Å². The molecule has 3 aliphatic heterocycles. The van der Waals surface area contributed by atoms with Crippen molar-refractivity contribution in [2.24, 2.45) is 0 Å². The summed E-state index contributed by atoms with van der Waals surface area (Å²) in [5.41, 5.74) is 1.21. The van der Waals surface area contributed by atoms with Crippen molar-refractivity contribution in [3.8, 4) is 11.1 Å². The highest BCUT2D eigenvalue weighted by atomic mass is 32.2. The Morgan fingerprint density at radius 3 is 2.42 bits per heavy atom. The Balaban J connectivity index is 1.27. The first-order chi connectivity index (χ1) is 17.1. The molecule has 1 spiro atoms. The fourth-order valence-electron chi connectivity index (χ4n) is 4.73. The maximum Gasteiger partial charge on any atom is 0.414 e. The molecule has 0 bridgehead atoms. The second-order valence-corrected chi connectivity index (χ2v) is 10.7. The standard InChI is InChI=1S/C24H26F2N2O7S/c1-36(30,31)34-15-18-14-28(23(29)35-18)17-3-4-19(20(25)13-17)16-2-5-22(21(26)12-16)27-8-6-24(7-9-27)32-10-11-33-24/h2-5,12-13,18H,6-11,14-15H2,1H3/t18-/m1/s1. The molecule has 0 saturated carbocycles. The van der Waals surface area contributed by atoms with Gasteiger partial charge in [-0.2, -0.15) is 8.42 Å². The predicted octanol–water partition coefficient (Wildman–Crippen LogP) is 3.28. The Hall–Kier alpha value is -2.80. The maximum absolute atomic E-state index is 15.0. The number of cyclic esters (lactones) is 1. The van der Waals surface area contributed by atoms with Crippen LogP contribution >= 0.6 is 0 Å². The average molecular weight is 525 g/mol. The van der Waals surface area contributed by atoms with Gasteiger partial charge < -0.3 is 19.1 Å². The minimum atomic E-state index is -3.69. The Morgan fingerprint density at radius 2 is 1.78 bits per heavy atom. The SMILES string of the molecule is CS(=O)(=O)OC[C@H]1CN(c2ccc(-c3ccc(N4CCC5(CC4)OCCO5)c(F)c3)c(F)c2)C(=O)O1. The normalized spacial score (nSPS) is 21.9. The lowest BCUT2D eigenvalue weighted by atomic mass is 10.0. The number of hydrogen-bond acceptors (Lipinski definition) is 8. The highest BCUT2D eigenvalue weighted by Gasteiger charge is 2.40. The number of hydrogen-bond donors (Lipinski definition) is 0. The lowest BCUT2D eigenvalue weighted by Gasteiger charge is -2.38. The molecule has 0 aromatic heterocycles. The van der Waals surface area contributed by atoms with E-state index in [9.17, 15) is 13.2 Å². The topological polar surface area (TPSA) is 94.6 Å². The number of halogens is 2. The van der Waals surface area contributed by atoms with Crippen LogP contribution in [-0.2, 0) is 28.5 Å². The van der Waals surface area contributed by atoms with E-state index < -0.39 is 39.7 Å². The van der Waals surface area contributed by atoms with Crippen LogP contribution in [0.5, 0.6) is 0 Å². The summed E-state index contributed by atoms with van der Waals surface area (Å²) in [7, 11) is -3.69. The zero-order valence-electron chi connectivity index (χ0n) is 19.6. The third kappa shape index (κ3) is 5.17. The van der Waals surface area contributed by atoms with Crippen molar-refractivity contribution in [2.75, 3.05) is 55.5 Å². The van der Waals surface area contributed by atoms with Gasteiger partial charge in [-0.15, -0.1) is 0 Å². The number of anilines is 2. The second-order valence-electron chi connectivity index (χ2n) is 9.03. The Kier molecular flexibility index (Phi) is 6.62. The summed E-state index contributed by atoms with van der Waals surface area (Å²) in [5, 5.41) is 0. The second kappa shape index (κ2) is 9.58. The van der Waals surface area contributed by atoms with Crippen molar-refractivity contribution < 1.29 is 40.4 Å². The van der Waals surface area contributed by atoms with Crippen molar-refractivity contribution in [2.45, 2.75) is 24.7 Å². The van der Waals surface area contributed by atoms with Gasteiger partial charge in [0.25, 0.3) is 10.1 Å². The zero-order chi connectivity index (χ0) is 25.5. The first-order valence-corrected chi connectivity index (χ1v) is 13.4. The van der Waals surface area contributed by atoms with E-state index >= 15 is 8.78 Å². The fourth-order valence-corrected chi connectivity index (χ4v) is 5.13. The van der Waals surface area contributed by atoms with Crippen LogP contribution in [0.2, 0.25) is 0 Å². The average Bonchev–Trinajstić information content (AvgIpc) is 3.44. The predicted molar refractivity (Wildman–Crippen MR) is 126 cm³/mol. The third-order valence-corrected chi connectivity index (χ3v) is 7.11. The minimum Gasteiger partial charge on any atom is -0.441 e. The summed E-state index contributed by atoms with van der Waals surface area (Å²) >= 11 is 0. The number of carbonyl (C=O) groups excluding carboxylic acids is 1. The molecule has 12 heteroatoms. The van der Waals surface area contributed by atoms with E-state index in [1.54, 1.807) is 12.1 Å². The lowest BCUT2D eigenvalue weighted by Crippen LogP contribution is -2.45. The summed E-state index contributed by atoms with van der Waals surface area (Å²) in [6.07, 6.45) is 0.631. The molecule has 0 aliphatic carbocycles. The lowest BCUT2D eigenvalue weighted by molar-refractivity contribution is -0.169. The molecule has 3 heterocycles. The van der Waals surface area contributed by atoms with Crippen molar-refractivity contribution >= 4 is 27.6 Å². The molecule has 1 atom stereocenters. The van der Waals surface area contributed by atoms with E-state index in [1.165, 1.54) is 23.1 Å². The number of nitrogens with zero attached hydrogens (tertiary/aromatic N) is 2. The Bertz CT molecular complexity index is 1260. The zero-order valence-corrected chi connectivity index (χ0v) is 20.4. The Labute approximate surface area is 207 Å². The van der Waals surface area contributed by atoms with Gasteiger partial charge in [0.2, 0.25) is 0 Å². The molecule has 36 heavy (non-hydrogen) atoms. The van der Waals surface area contributed by atoms with Gasteiger partial charge in [0.1, 0.15) is 24.3 Å². The van der Waals surface area contributed by atoms with Gasteiger partial charge in [-0.3, -0.25) is 9.08 Å². The summed E-state index contributed by atoms with van der Waals surface area (Å²) in [6.45, 7) is 1.99. The van der Waals surface area contributed by atoms with E-state index in [2.05, 4.69) is 4.18 Å². The van der Waals surface area contributed by atoms with Gasteiger partial charge in [-0.25, -0.2) is 13.6 Å². The molecule has 5 rings (SSSR count). The van der Waals surface area contributed by atoms with Crippen molar-refractivity contribution in [1.29, 1.82) is 0 Å². The summed E-state index contributed by atoms with van der Waals surface area (Å²) in [4.78, 5) is 15.3. The molecular weight excluding hydrogens is 498 g/mol. The van der Waals surface area contributed by atoms with E-state index in [0.29, 0.717) is 50.4 Å². The van der Waals surface area contributed by atoms with E-state index in [0.717, 1.165) is 12.3 Å². The van der Waals surface area contributed by atoms with Crippen LogP contribution in [0.15, 0.2) is 36.4 Å². The highest BCUT2D eigenvalue weighted by molar-refractivity contribution is 7.85.